The fraction of sp³-hybridized carbons (Fsp3) is 0.222. The van der Waals surface area contributed by atoms with E-state index in [1.54, 1.807) is 0 Å². The average Bonchev–Trinajstić information content (AvgIpc) is 2.79. The van der Waals surface area contributed by atoms with Crippen molar-refractivity contribution in [3.63, 3.8) is 0 Å². The van der Waals surface area contributed by atoms with Gasteiger partial charge in [0.2, 0.25) is 5.36 Å². The Morgan fingerprint density at radius 3 is 2.41 bits per heavy atom. The summed E-state index contributed by atoms with van der Waals surface area (Å²) >= 11 is 0. The Balaban J connectivity index is 1.70. The zero-order chi connectivity index (χ0) is 19.2. The Kier molecular flexibility index (Phi) is 3.90. The molecule has 0 aliphatic carbocycles. The molecule has 0 saturated heterocycles. The van der Waals surface area contributed by atoms with Gasteiger partial charge in [0.15, 0.2) is 0 Å². The van der Waals surface area contributed by atoms with Gasteiger partial charge in [-0.25, -0.2) is 4.99 Å². The van der Waals surface area contributed by atoms with E-state index in [1.807, 2.05) is 0 Å². The van der Waals surface area contributed by atoms with E-state index >= 15 is 0 Å². The summed E-state index contributed by atoms with van der Waals surface area (Å²) in [6.45, 7) is 2.14. The van der Waals surface area contributed by atoms with Crippen molar-refractivity contribution < 1.29 is 4.99 Å². The summed E-state index contributed by atoms with van der Waals surface area (Å²) in [5.41, 5.74) is 5.57. The molecule has 6 rings (SSSR count). The molecule has 0 amide bonds. The molecular weight excluding hydrogens is 352 g/mol. The normalized spacial score (nSPS) is 16.2. The maximum absolute atomic E-state index is 3.65. The van der Waals surface area contributed by atoms with Crippen LogP contribution >= 0.6 is 0 Å². The molecule has 4 aromatic carbocycles. The van der Waals surface area contributed by atoms with Gasteiger partial charge in [-0.3, -0.25) is 0 Å². The lowest BCUT2D eigenvalue weighted by Gasteiger charge is -2.21. The summed E-state index contributed by atoms with van der Waals surface area (Å²) in [5, 5.41) is 11.7. The van der Waals surface area contributed by atoms with Crippen molar-refractivity contribution in [3.05, 3.63) is 87.9 Å². The van der Waals surface area contributed by atoms with Crippen LogP contribution in [0.15, 0.2) is 60.7 Å². The van der Waals surface area contributed by atoms with E-state index in [0.717, 1.165) is 25.9 Å². The van der Waals surface area contributed by atoms with Crippen LogP contribution in [0.3, 0.4) is 0 Å². The number of benzene rings is 4. The molecule has 0 fully saturated rings. The SMILES string of the molecule is C(/c1cc2c(c3ccccc13)NCCC2)=c1/cc2c(c3ccccc13)=[NH+]CCC2. The quantitative estimate of drug-likeness (QED) is 0.524. The number of hydrogen-bond donors (Lipinski definition) is 2. The monoisotopic (exact) mass is 377 g/mol. The molecule has 0 saturated carbocycles. The lowest BCUT2D eigenvalue weighted by Crippen LogP contribution is -2.79. The third kappa shape index (κ3) is 2.74. The highest BCUT2D eigenvalue weighted by molar-refractivity contribution is 6.01. The predicted octanol–water partition coefficient (Wildman–Crippen LogP) is 2.83. The van der Waals surface area contributed by atoms with Gasteiger partial charge < -0.3 is 5.32 Å². The molecular formula is C27H25N2+. The van der Waals surface area contributed by atoms with Crippen molar-refractivity contribution in [1.29, 1.82) is 0 Å². The molecule has 0 aromatic heterocycles. The van der Waals surface area contributed by atoms with Gasteiger partial charge in [0.05, 0.1) is 5.39 Å². The first kappa shape index (κ1) is 16.8. The summed E-state index contributed by atoms with van der Waals surface area (Å²) in [6.07, 6.45) is 7.14. The van der Waals surface area contributed by atoms with E-state index in [0.29, 0.717) is 0 Å². The molecule has 2 aliphatic rings. The van der Waals surface area contributed by atoms with Crippen molar-refractivity contribution in [2.75, 3.05) is 18.4 Å². The van der Waals surface area contributed by atoms with Crippen LogP contribution in [-0.2, 0) is 12.8 Å². The Morgan fingerprint density at radius 2 is 1.52 bits per heavy atom. The number of nitrogens with one attached hydrogen (secondary N) is 2. The number of anilines is 1. The van der Waals surface area contributed by atoms with Gasteiger partial charge in [0, 0.05) is 29.6 Å². The number of rotatable bonds is 1. The zero-order valence-corrected chi connectivity index (χ0v) is 16.6. The Hall–Kier alpha value is -3.13. The fourth-order valence-electron chi connectivity index (χ4n) is 5.13. The smallest absolute Gasteiger partial charge is 0.209 e. The third-order valence-electron chi connectivity index (χ3n) is 6.48. The highest BCUT2D eigenvalue weighted by atomic mass is 14.9. The number of fused-ring (bicyclic) bond motifs is 6. The standard InChI is InChI=1S/C27H24N2/c1-3-11-24-22(9-1)20(15-18-7-5-13-28-26(18)24)17-21-16-19-8-6-14-29-27(19)25-12-4-2-10-23(21)25/h1-4,9-12,15-17,28H,5-8,13-14H2/p+1/b21-17+. The highest BCUT2D eigenvalue weighted by Gasteiger charge is 2.16. The zero-order valence-electron chi connectivity index (χ0n) is 16.6. The van der Waals surface area contributed by atoms with E-state index in [9.17, 15) is 0 Å². The van der Waals surface area contributed by atoms with E-state index in [-0.39, 0.29) is 0 Å². The first-order valence-corrected chi connectivity index (χ1v) is 10.8. The summed E-state index contributed by atoms with van der Waals surface area (Å²) < 4.78 is 0. The molecule has 0 radical (unpaired) electrons. The molecule has 0 spiro atoms. The summed E-state index contributed by atoms with van der Waals surface area (Å²) in [7, 11) is 0. The van der Waals surface area contributed by atoms with Crippen molar-refractivity contribution in [2.24, 2.45) is 0 Å². The molecule has 2 heteroatoms. The van der Waals surface area contributed by atoms with Crippen LogP contribution in [0.2, 0.25) is 0 Å². The van der Waals surface area contributed by atoms with Crippen molar-refractivity contribution in [3.8, 4) is 0 Å². The van der Waals surface area contributed by atoms with Crippen molar-refractivity contribution in [1.82, 2.24) is 0 Å². The minimum Gasteiger partial charge on any atom is -0.384 e. The summed E-state index contributed by atoms with van der Waals surface area (Å²) in [4.78, 5) is 3.65. The first-order chi connectivity index (χ1) is 14.4. The lowest BCUT2D eigenvalue weighted by atomic mass is 9.92. The largest absolute Gasteiger partial charge is 0.384 e. The summed E-state index contributed by atoms with van der Waals surface area (Å²) in [6, 6.07) is 22.5. The van der Waals surface area contributed by atoms with Crippen LogP contribution < -0.4 is 20.9 Å². The van der Waals surface area contributed by atoms with Gasteiger partial charge in [0.25, 0.3) is 0 Å². The van der Waals surface area contributed by atoms with Crippen LogP contribution in [0.1, 0.15) is 29.5 Å². The predicted molar refractivity (Wildman–Crippen MR) is 121 cm³/mol. The third-order valence-corrected chi connectivity index (χ3v) is 6.48. The van der Waals surface area contributed by atoms with Crippen LogP contribution in [0.5, 0.6) is 0 Å². The van der Waals surface area contributed by atoms with Gasteiger partial charge >= 0.3 is 0 Å². The Morgan fingerprint density at radius 1 is 0.759 bits per heavy atom. The molecule has 2 aliphatic heterocycles. The second kappa shape index (κ2) is 6.73. The number of aryl methyl sites for hydroxylation is 2. The van der Waals surface area contributed by atoms with E-state index in [2.05, 4.69) is 77.0 Å². The number of hydrogen-bond acceptors (Lipinski definition) is 1. The molecule has 0 bridgehead atoms. The fourth-order valence-corrected chi connectivity index (χ4v) is 5.13. The van der Waals surface area contributed by atoms with Crippen LogP contribution in [0, 0.1) is 0 Å². The second-order valence-electron chi connectivity index (χ2n) is 8.30. The van der Waals surface area contributed by atoms with E-state index in [1.165, 1.54) is 67.3 Å². The molecule has 0 atom stereocenters. The minimum atomic E-state index is 1.07. The Bertz CT molecular complexity index is 1380. The van der Waals surface area contributed by atoms with E-state index < -0.39 is 0 Å². The molecule has 2 heterocycles. The average molecular weight is 378 g/mol. The first-order valence-electron chi connectivity index (χ1n) is 10.8. The van der Waals surface area contributed by atoms with Gasteiger partial charge in [0.1, 0.15) is 6.54 Å². The minimum absolute atomic E-state index is 1.07. The van der Waals surface area contributed by atoms with Gasteiger partial charge in [-0.1, -0.05) is 42.5 Å². The van der Waals surface area contributed by atoms with Crippen LogP contribution in [0.25, 0.3) is 27.6 Å². The van der Waals surface area contributed by atoms with Crippen LogP contribution in [0.4, 0.5) is 5.69 Å². The van der Waals surface area contributed by atoms with Crippen LogP contribution in [-0.4, -0.2) is 13.1 Å². The van der Waals surface area contributed by atoms with Gasteiger partial charge in [-0.15, -0.1) is 0 Å². The molecule has 2 nitrogen and oxygen atoms in total. The van der Waals surface area contributed by atoms with Crippen molar-refractivity contribution >= 4 is 33.3 Å². The molecule has 0 unspecified atom stereocenters. The van der Waals surface area contributed by atoms with Gasteiger partial charge in [-0.05, 0) is 70.7 Å². The maximum Gasteiger partial charge on any atom is 0.209 e. The second-order valence-corrected chi connectivity index (χ2v) is 8.30. The highest BCUT2D eigenvalue weighted by Crippen LogP contribution is 2.34. The molecule has 2 N–H and O–H groups in total. The molecule has 142 valence electrons. The summed E-state index contributed by atoms with van der Waals surface area (Å²) in [5.74, 6) is 0. The Labute approximate surface area is 170 Å². The van der Waals surface area contributed by atoms with Crippen molar-refractivity contribution in [2.45, 2.75) is 25.7 Å². The molecule has 4 aromatic rings. The van der Waals surface area contributed by atoms with E-state index in [4.69, 9.17) is 0 Å². The van der Waals surface area contributed by atoms with Gasteiger partial charge in [-0.2, -0.15) is 0 Å². The topological polar surface area (TPSA) is 26.0 Å². The lowest BCUT2D eigenvalue weighted by molar-refractivity contribution is -0.503. The molecule has 29 heavy (non-hydrogen) atoms. The maximum atomic E-state index is 3.65.